The molecule has 0 aromatic carbocycles. The van der Waals surface area contributed by atoms with Crippen molar-refractivity contribution in [1.29, 1.82) is 0 Å². The Morgan fingerprint density at radius 1 is 1.53 bits per heavy atom. The highest BCUT2D eigenvalue weighted by Crippen LogP contribution is 2.07. The van der Waals surface area contributed by atoms with Crippen LogP contribution < -0.4 is 5.32 Å². The molecule has 1 amide bonds. The van der Waals surface area contributed by atoms with Crippen molar-refractivity contribution in [2.45, 2.75) is 26.4 Å². The number of rotatable bonds is 3. The maximum atomic E-state index is 11.3. The summed E-state index contributed by atoms with van der Waals surface area (Å²) in [7, 11) is -3.51. The molecule has 17 heavy (non-hydrogen) atoms. The molecule has 1 N–H and O–H groups in total. The Labute approximate surface area is 101 Å². The SMILES string of the molecule is CC(C)(C)OC(=O)NCCN1CC=NS1(=O)=O. The Morgan fingerprint density at radius 3 is 2.65 bits per heavy atom. The highest BCUT2D eigenvalue weighted by atomic mass is 32.2. The summed E-state index contributed by atoms with van der Waals surface area (Å²) in [5.41, 5.74) is -0.563. The molecule has 8 heteroatoms. The van der Waals surface area contributed by atoms with Crippen LogP contribution in [0.3, 0.4) is 0 Å². The maximum Gasteiger partial charge on any atom is 0.407 e. The van der Waals surface area contributed by atoms with E-state index < -0.39 is 21.9 Å². The van der Waals surface area contributed by atoms with Crippen molar-refractivity contribution in [2.75, 3.05) is 19.6 Å². The lowest BCUT2D eigenvalue weighted by Crippen LogP contribution is -2.38. The minimum atomic E-state index is -3.51. The molecule has 0 aromatic rings. The quantitative estimate of drug-likeness (QED) is 0.784. The minimum absolute atomic E-state index is 0.182. The molecule has 98 valence electrons. The molecule has 0 fully saturated rings. The number of nitrogens with one attached hydrogen (secondary N) is 1. The van der Waals surface area contributed by atoms with Crippen LogP contribution in [0.1, 0.15) is 20.8 Å². The van der Waals surface area contributed by atoms with Crippen LogP contribution in [0.5, 0.6) is 0 Å². The number of hydrogen-bond acceptors (Lipinski definition) is 4. The molecule has 1 aliphatic heterocycles. The zero-order valence-electron chi connectivity index (χ0n) is 10.1. The number of hydrogen-bond donors (Lipinski definition) is 1. The lowest BCUT2D eigenvalue weighted by molar-refractivity contribution is 0.0526. The topological polar surface area (TPSA) is 88.1 Å². The van der Waals surface area contributed by atoms with E-state index in [-0.39, 0.29) is 19.6 Å². The number of nitrogens with zero attached hydrogens (tertiary/aromatic N) is 2. The van der Waals surface area contributed by atoms with Crippen molar-refractivity contribution >= 4 is 22.5 Å². The number of amides is 1. The number of carbonyl (C=O) groups is 1. The second-order valence-corrected chi connectivity index (χ2v) is 6.18. The molecule has 0 bridgehead atoms. The van der Waals surface area contributed by atoms with E-state index in [9.17, 15) is 13.2 Å². The molecule has 1 aliphatic rings. The zero-order chi connectivity index (χ0) is 13.1. The molecule has 1 rings (SSSR count). The molecule has 0 radical (unpaired) electrons. The van der Waals surface area contributed by atoms with Gasteiger partial charge in [-0.25, -0.2) is 4.79 Å². The summed E-state index contributed by atoms with van der Waals surface area (Å²) in [5, 5.41) is 2.48. The Balaban J connectivity index is 2.28. The van der Waals surface area contributed by atoms with Crippen LogP contribution in [0.25, 0.3) is 0 Å². The van der Waals surface area contributed by atoms with Crippen molar-refractivity contribution < 1.29 is 17.9 Å². The molecule has 0 saturated carbocycles. The van der Waals surface area contributed by atoms with Crippen LogP contribution in [0.15, 0.2) is 4.40 Å². The average Bonchev–Trinajstić information content (AvgIpc) is 2.42. The average molecular weight is 263 g/mol. The first-order valence-electron chi connectivity index (χ1n) is 5.21. The van der Waals surface area contributed by atoms with Gasteiger partial charge in [-0.3, -0.25) is 0 Å². The minimum Gasteiger partial charge on any atom is -0.444 e. The van der Waals surface area contributed by atoms with Gasteiger partial charge in [0, 0.05) is 19.3 Å². The summed E-state index contributed by atoms with van der Waals surface area (Å²) < 4.78 is 32.0. The second kappa shape index (κ2) is 5.01. The summed E-state index contributed by atoms with van der Waals surface area (Å²) in [6, 6.07) is 0. The van der Waals surface area contributed by atoms with Gasteiger partial charge < -0.3 is 10.1 Å². The number of carbonyl (C=O) groups excluding carboxylic acids is 1. The van der Waals surface area contributed by atoms with Crippen molar-refractivity contribution in [2.24, 2.45) is 4.40 Å². The van der Waals surface area contributed by atoms with Gasteiger partial charge >= 0.3 is 16.3 Å². The van der Waals surface area contributed by atoms with Gasteiger partial charge in [0.2, 0.25) is 0 Å². The zero-order valence-corrected chi connectivity index (χ0v) is 11.0. The fourth-order valence-corrected chi connectivity index (χ4v) is 2.15. The van der Waals surface area contributed by atoms with E-state index in [4.69, 9.17) is 4.74 Å². The van der Waals surface area contributed by atoms with E-state index in [2.05, 4.69) is 9.71 Å². The van der Waals surface area contributed by atoms with Crippen LogP contribution in [-0.2, 0) is 14.9 Å². The van der Waals surface area contributed by atoms with Gasteiger partial charge in [0.25, 0.3) is 0 Å². The van der Waals surface area contributed by atoms with Gasteiger partial charge in [-0.15, -0.1) is 0 Å². The monoisotopic (exact) mass is 263 g/mol. The first-order chi connectivity index (χ1) is 7.71. The third-order valence-corrected chi connectivity index (χ3v) is 3.25. The fraction of sp³-hybridized carbons (Fsp3) is 0.778. The van der Waals surface area contributed by atoms with Crippen LogP contribution in [-0.4, -0.2) is 50.3 Å². The Morgan fingerprint density at radius 2 is 2.18 bits per heavy atom. The highest BCUT2D eigenvalue weighted by molar-refractivity contribution is 7.88. The van der Waals surface area contributed by atoms with Crippen LogP contribution in [0.2, 0.25) is 0 Å². The van der Waals surface area contributed by atoms with E-state index in [0.29, 0.717) is 0 Å². The number of alkyl carbamates (subject to hydrolysis) is 1. The Hall–Kier alpha value is -1.15. The van der Waals surface area contributed by atoms with Gasteiger partial charge in [0.15, 0.2) is 0 Å². The molecule has 0 spiro atoms. The van der Waals surface area contributed by atoms with Crippen LogP contribution in [0.4, 0.5) is 4.79 Å². The van der Waals surface area contributed by atoms with Gasteiger partial charge in [-0.1, -0.05) is 0 Å². The van der Waals surface area contributed by atoms with Crippen molar-refractivity contribution in [3.8, 4) is 0 Å². The van der Waals surface area contributed by atoms with Crippen molar-refractivity contribution in [1.82, 2.24) is 9.62 Å². The summed E-state index contributed by atoms with van der Waals surface area (Å²) >= 11 is 0. The van der Waals surface area contributed by atoms with Crippen molar-refractivity contribution in [3.63, 3.8) is 0 Å². The third-order valence-electron chi connectivity index (χ3n) is 1.85. The molecular formula is C9H17N3O4S. The standard InChI is InChI=1S/C9H17N3O4S/c1-9(2,3)16-8(13)10-4-6-12-7-5-11-17(12,14)15/h5H,4,6-7H2,1-3H3,(H,10,13). The normalized spacial score (nSPS) is 19.2. The fourth-order valence-electron chi connectivity index (χ4n) is 1.18. The summed E-state index contributed by atoms with van der Waals surface area (Å²) in [5.74, 6) is 0. The summed E-state index contributed by atoms with van der Waals surface area (Å²) in [6.07, 6.45) is 0.762. The van der Waals surface area contributed by atoms with Crippen LogP contribution in [0, 0.1) is 0 Å². The van der Waals surface area contributed by atoms with E-state index in [1.807, 2.05) is 0 Å². The van der Waals surface area contributed by atoms with Crippen molar-refractivity contribution in [3.05, 3.63) is 0 Å². The van der Waals surface area contributed by atoms with E-state index in [1.54, 1.807) is 20.8 Å². The number of ether oxygens (including phenoxy) is 1. The second-order valence-electron chi connectivity index (χ2n) is 4.55. The van der Waals surface area contributed by atoms with Gasteiger partial charge in [-0.05, 0) is 20.8 Å². The lowest BCUT2D eigenvalue weighted by atomic mass is 10.2. The molecule has 0 unspecified atom stereocenters. The largest absolute Gasteiger partial charge is 0.444 e. The predicted molar refractivity (Wildman–Crippen MR) is 63.2 cm³/mol. The Kier molecular flexibility index (Phi) is 4.10. The van der Waals surface area contributed by atoms with E-state index in [1.165, 1.54) is 10.5 Å². The predicted octanol–water partition coefficient (Wildman–Crippen LogP) is 0.142. The van der Waals surface area contributed by atoms with Gasteiger partial charge in [0.1, 0.15) is 5.60 Å². The molecule has 1 heterocycles. The molecule has 0 aliphatic carbocycles. The molecular weight excluding hydrogens is 246 g/mol. The van der Waals surface area contributed by atoms with Gasteiger partial charge in [-0.2, -0.15) is 17.1 Å². The van der Waals surface area contributed by atoms with Gasteiger partial charge in [0.05, 0.1) is 6.54 Å². The summed E-state index contributed by atoms with van der Waals surface area (Å²) in [4.78, 5) is 11.3. The van der Waals surface area contributed by atoms with Crippen LogP contribution >= 0.6 is 0 Å². The lowest BCUT2D eigenvalue weighted by Gasteiger charge is -2.20. The first kappa shape index (κ1) is 13.9. The molecule has 0 saturated heterocycles. The highest BCUT2D eigenvalue weighted by Gasteiger charge is 2.24. The summed E-state index contributed by atoms with van der Waals surface area (Å²) in [6.45, 7) is 5.89. The first-order valence-corrected chi connectivity index (χ1v) is 6.61. The molecule has 0 aromatic heterocycles. The van der Waals surface area contributed by atoms with E-state index in [0.717, 1.165) is 0 Å². The molecule has 7 nitrogen and oxygen atoms in total. The smallest absolute Gasteiger partial charge is 0.407 e. The van der Waals surface area contributed by atoms with E-state index >= 15 is 0 Å². The molecule has 0 atom stereocenters. The maximum absolute atomic E-state index is 11.3. The third kappa shape index (κ3) is 4.70. The Bertz CT molecular complexity index is 410.